The molecule has 0 radical (unpaired) electrons. The lowest BCUT2D eigenvalue weighted by molar-refractivity contribution is -0.118. The molecule has 0 aliphatic carbocycles. The number of aryl methyl sites for hydroxylation is 2. The van der Waals surface area contributed by atoms with E-state index in [1.54, 1.807) is 0 Å². The molecular formula is C11H18BrN3O. The fourth-order valence-electron chi connectivity index (χ4n) is 1.58. The Morgan fingerprint density at radius 3 is 2.81 bits per heavy atom. The van der Waals surface area contributed by atoms with Crippen molar-refractivity contribution in [2.24, 2.45) is 0 Å². The molecule has 0 saturated heterocycles. The maximum atomic E-state index is 11.7. The fourth-order valence-corrected chi connectivity index (χ4v) is 2.00. The number of Topliss-reactive ketones (excluding diaryl/α,β-unsaturated/α-hetero) is 1. The molecule has 1 N–H and O–H groups in total. The van der Waals surface area contributed by atoms with Crippen LogP contribution in [-0.2, 0) is 17.8 Å². The van der Waals surface area contributed by atoms with Gasteiger partial charge in [0.2, 0.25) is 0 Å². The highest BCUT2D eigenvalue weighted by Crippen LogP contribution is 2.21. The van der Waals surface area contributed by atoms with Gasteiger partial charge >= 0.3 is 0 Å². The van der Waals surface area contributed by atoms with E-state index in [0.29, 0.717) is 12.8 Å². The van der Waals surface area contributed by atoms with Crippen molar-refractivity contribution >= 4 is 21.7 Å². The first-order chi connectivity index (χ1) is 7.60. The Labute approximate surface area is 105 Å². The Kier molecular flexibility index (Phi) is 5.15. The van der Waals surface area contributed by atoms with Crippen LogP contribution in [0.5, 0.6) is 0 Å². The monoisotopic (exact) mass is 287 g/mol. The van der Waals surface area contributed by atoms with Crippen LogP contribution in [0.15, 0.2) is 4.47 Å². The number of ketones is 1. The molecule has 0 amide bonds. The van der Waals surface area contributed by atoms with Gasteiger partial charge < -0.3 is 5.32 Å². The first-order valence-corrected chi connectivity index (χ1v) is 6.27. The molecule has 0 aromatic carbocycles. The predicted octanol–water partition coefficient (Wildman–Crippen LogP) is 1.70. The topological polar surface area (TPSA) is 46.9 Å². The number of hydrogen-bond acceptors (Lipinski definition) is 3. The van der Waals surface area contributed by atoms with Crippen molar-refractivity contribution in [2.45, 2.75) is 33.2 Å². The summed E-state index contributed by atoms with van der Waals surface area (Å²) in [6.45, 7) is 5.50. The zero-order valence-electron chi connectivity index (χ0n) is 10.0. The van der Waals surface area contributed by atoms with Crippen LogP contribution < -0.4 is 5.32 Å². The standard InChI is InChI=1S/C11H18BrN3O/c1-4-15-10(11(12)8(2)14-15)7-9(16)5-6-13-3/h13H,4-7H2,1-3H3. The van der Waals surface area contributed by atoms with Crippen LogP contribution in [0.4, 0.5) is 0 Å². The molecule has 1 aromatic heterocycles. The number of nitrogens with zero attached hydrogens (tertiary/aromatic N) is 2. The Morgan fingerprint density at radius 2 is 2.25 bits per heavy atom. The first-order valence-electron chi connectivity index (χ1n) is 5.48. The lowest BCUT2D eigenvalue weighted by atomic mass is 10.1. The fraction of sp³-hybridized carbons (Fsp3) is 0.636. The van der Waals surface area contributed by atoms with Gasteiger partial charge in [-0.05, 0) is 36.8 Å². The summed E-state index contributed by atoms with van der Waals surface area (Å²) in [6, 6.07) is 0. The van der Waals surface area contributed by atoms with Gasteiger partial charge in [-0.2, -0.15) is 5.10 Å². The van der Waals surface area contributed by atoms with Gasteiger partial charge in [0.25, 0.3) is 0 Å². The van der Waals surface area contributed by atoms with E-state index in [1.165, 1.54) is 0 Å². The molecule has 0 spiro atoms. The van der Waals surface area contributed by atoms with E-state index < -0.39 is 0 Å². The van der Waals surface area contributed by atoms with Gasteiger partial charge in [0.15, 0.2) is 0 Å². The quantitative estimate of drug-likeness (QED) is 0.866. The third-order valence-electron chi connectivity index (χ3n) is 2.47. The van der Waals surface area contributed by atoms with E-state index in [1.807, 2.05) is 25.6 Å². The molecule has 0 unspecified atom stereocenters. The van der Waals surface area contributed by atoms with E-state index in [-0.39, 0.29) is 5.78 Å². The van der Waals surface area contributed by atoms with E-state index in [0.717, 1.165) is 29.0 Å². The Balaban J connectivity index is 2.75. The number of aromatic nitrogens is 2. The van der Waals surface area contributed by atoms with Crippen molar-refractivity contribution < 1.29 is 4.79 Å². The molecule has 5 heteroatoms. The van der Waals surface area contributed by atoms with Gasteiger partial charge in [0.1, 0.15) is 5.78 Å². The van der Waals surface area contributed by atoms with Crippen molar-refractivity contribution in [3.05, 3.63) is 15.9 Å². The smallest absolute Gasteiger partial charge is 0.140 e. The molecule has 4 nitrogen and oxygen atoms in total. The Bertz CT molecular complexity index is 374. The SMILES string of the molecule is CCn1nc(C)c(Br)c1CC(=O)CCNC. The summed E-state index contributed by atoms with van der Waals surface area (Å²) in [7, 11) is 1.85. The van der Waals surface area contributed by atoms with Crippen molar-refractivity contribution in [2.75, 3.05) is 13.6 Å². The third kappa shape index (κ3) is 3.15. The van der Waals surface area contributed by atoms with Crippen LogP contribution in [0, 0.1) is 6.92 Å². The van der Waals surface area contributed by atoms with E-state index in [2.05, 4.69) is 26.3 Å². The van der Waals surface area contributed by atoms with Gasteiger partial charge in [0, 0.05) is 25.9 Å². The van der Waals surface area contributed by atoms with Crippen LogP contribution in [0.2, 0.25) is 0 Å². The second kappa shape index (κ2) is 6.15. The first kappa shape index (κ1) is 13.4. The molecule has 0 aliphatic rings. The molecule has 1 heterocycles. The van der Waals surface area contributed by atoms with Crippen LogP contribution >= 0.6 is 15.9 Å². The number of hydrogen-bond donors (Lipinski definition) is 1. The largest absolute Gasteiger partial charge is 0.319 e. The van der Waals surface area contributed by atoms with Crippen LogP contribution in [0.1, 0.15) is 24.7 Å². The second-order valence-corrected chi connectivity index (χ2v) is 4.52. The summed E-state index contributed by atoms with van der Waals surface area (Å²) in [6.07, 6.45) is 1.02. The minimum Gasteiger partial charge on any atom is -0.319 e. The van der Waals surface area contributed by atoms with Crippen LogP contribution in [0.25, 0.3) is 0 Å². The molecular weight excluding hydrogens is 270 g/mol. The van der Waals surface area contributed by atoms with Crippen molar-refractivity contribution in [3.8, 4) is 0 Å². The van der Waals surface area contributed by atoms with Gasteiger partial charge in [-0.15, -0.1) is 0 Å². The molecule has 16 heavy (non-hydrogen) atoms. The molecule has 0 fully saturated rings. The normalized spacial score (nSPS) is 10.8. The van der Waals surface area contributed by atoms with Crippen molar-refractivity contribution in [3.63, 3.8) is 0 Å². The summed E-state index contributed by atoms with van der Waals surface area (Å²) in [5.74, 6) is 0.240. The average molecular weight is 288 g/mol. The van der Waals surface area contributed by atoms with Crippen molar-refractivity contribution in [1.82, 2.24) is 15.1 Å². The molecule has 0 atom stereocenters. The summed E-state index contributed by atoms with van der Waals surface area (Å²) in [5.41, 5.74) is 1.93. The summed E-state index contributed by atoms with van der Waals surface area (Å²) < 4.78 is 2.85. The van der Waals surface area contributed by atoms with Gasteiger partial charge in [0.05, 0.1) is 15.9 Å². The number of rotatable bonds is 6. The summed E-state index contributed by atoms with van der Waals surface area (Å²) >= 11 is 3.49. The molecule has 0 aliphatic heterocycles. The van der Waals surface area contributed by atoms with E-state index in [4.69, 9.17) is 0 Å². The number of carbonyl (C=O) groups excluding carboxylic acids is 1. The highest BCUT2D eigenvalue weighted by atomic mass is 79.9. The molecule has 1 rings (SSSR count). The van der Waals surface area contributed by atoms with Gasteiger partial charge in [-0.25, -0.2) is 0 Å². The summed E-state index contributed by atoms with van der Waals surface area (Å²) in [5, 5.41) is 7.34. The Hall–Kier alpha value is -0.680. The predicted molar refractivity (Wildman–Crippen MR) is 67.6 cm³/mol. The van der Waals surface area contributed by atoms with Crippen LogP contribution in [0.3, 0.4) is 0 Å². The third-order valence-corrected chi connectivity index (χ3v) is 3.50. The van der Waals surface area contributed by atoms with E-state index >= 15 is 0 Å². The zero-order valence-corrected chi connectivity index (χ0v) is 11.6. The van der Waals surface area contributed by atoms with Gasteiger partial charge in [-0.1, -0.05) is 0 Å². The maximum absolute atomic E-state index is 11.7. The summed E-state index contributed by atoms with van der Waals surface area (Å²) in [4.78, 5) is 11.7. The average Bonchev–Trinajstić information content (AvgIpc) is 2.54. The van der Waals surface area contributed by atoms with Gasteiger partial charge in [-0.3, -0.25) is 9.48 Å². The minimum absolute atomic E-state index is 0.240. The van der Waals surface area contributed by atoms with Crippen LogP contribution in [-0.4, -0.2) is 29.2 Å². The maximum Gasteiger partial charge on any atom is 0.140 e. The highest BCUT2D eigenvalue weighted by molar-refractivity contribution is 9.10. The van der Waals surface area contributed by atoms with Crippen molar-refractivity contribution in [1.29, 1.82) is 0 Å². The lowest BCUT2D eigenvalue weighted by Crippen LogP contribution is -2.16. The number of carbonyl (C=O) groups is 1. The zero-order chi connectivity index (χ0) is 12.1. The molecule has 90 valence electrons. The highest BCUT2D eigenvalue weighted by Gasteiger charge is 2.14. The number of nitrogens with one attached hydrogen (secondary N) is 1. The minimum atomic E-state index is 0.240. The molecule has 1 aromatic rings. The Morgan fingerprint density at radius 1 is 1.56 bits per heavy atom. The second-order valence-electron chi connectivity index (χ2n) is 3.73. The van der Waals surface area contributed by atoms with E-state index in [9.17, 15) is 4.79 Å². The molecule has 0 saturated carbocycles. The lowest BCUT2D eigenvalue weighted by Gasteiger charge is -2.04. The number of halogens is 1. The molecule has 0 bridgehead atoms.